The van der Waals surface area contributed by atoms with Gasteiger partial charge >= 0.3 is 0 Å². The quantitative estimate of drug-likeness (QED) is 0.507. The van der Waals surface area contributed by atoms with Gasteiger partial charge in [0.25, 0.3) is 0 Å². The monoisotopic (exact) mass is 350 g/mol. The Morgan fingerprint density at radius 3 is 2.19 bits per heavy atom. The zero-order chi connectivity index (χ0) is 18.5. The van der Waals surface area contributed by atoms with Crippen LogP contribution in [0, 0.1) is 0 Å². The van der Waals surface area contributed by atoms with Crippen LogP contribution in [0.15, 0.2) is 102 Å². The number of allylic oxidation sites excluding steroid dienone is 3. The normalized spacial score (nSPS) is 15.2. The third-order valence-corrected chi connectivity index (χ3v) is 4.92. The van der Waals surface area contributed by atoms with Crippen molar-refractivity contribution in [3.05, 3.63) is 108 Å². The average molecular weight is 350 g/mol. The second kappa shape index (κ2) is 7.88. The SMILES string of the molecule is C=Nc1ccccc1C1=C(c2ccccc2)C(=CNc2ccccc2)CC1. The molecule has 132 valence electrons. The van der Waals surface area contributed by atoms with Crippen LogP contribution in [0.2, 0.25) is 0 Å². The molecule has 0 heterocycles. The van der Waals surface area contributed by atoms with Crippen molar-refractivity contribution in [3.63, 3.8) is 0 Å². The molecule has 0 amide bonds. The van der Waals surface area contributed by atoms with Crippen LogP contribution in [0.25, 0.3) is 11.1 Å². The van der Waals surface area contributed by atoms with Gasteiger partial charge in [-0.25, -0.2) is 0 Å². The number of benzene rings is 3. The molecule has 0 aliphatic heterocycles. The molecule has 1 N–H and O–H groups in total. The van der Waals surface area contributed by atoms with Crippen LogP contribution in [-0.4, -0.2) is 6.72 Å². The molecule has 0 unspecified atom stereocenters. The molecule has 0 fully saturated rings. The second-order valence-electron chi connectivity index (χ2n) is 6.57. The fraction of sp³-hybridized carbons (Fsp3) is 0.0800. The zero-order valence-corrected chi connectivity index (χ0v) is 15.2. The second-order valence-corrected chi connectivity index (χ2v) is 6.57. The van der Waals surface area contributed by atoms with Crippen LogP contribution in [0.4, 0.5) is 11.4 Å². The zero-order valence-electron chi connectivity index (χ0n) is 15.2. The first-order valence-electron chi connectivity index (χ1n) is 9.22. The van der Waals surface area contributed by atoms with Gasteiger partial charge in [0, 0.05) is 17.5 Å². The lowest BCUT2D eigenvalue weighted by atomic mass is 9.94. The fourth-order valence-corrected chi connectivity index (χ4v) is 3.65. The Morgan fingerprint density at radius 1 is 0.778 bits per heavy atom. The lowest BCUT2D eigenvalue weighted by Crippen LogP contribution is -1.93. The van der Waals surface area contributed by atoms with Crippen LogP contribution in [0.5, 0.6) is 0 Å². The van der Waals surface area contributed by atoms with Crippen molar-refractivity contribution < 1.29 is 0 Å². The van der Waals surface area contributed by atoms with E-state index >= 15 is 0 Å². The summed E-state index contributed by atoms with van der Waals surface area (Å²) in [6.07, 6.45) is 4.15. The Morgan fingerprint density at radius 2 is 1.44 bits per heavy atom. The highest BCUT2D eigenvalue weighted by atomic mass is 14.8. The van der Waals surface area contributed by atoms with Crippen LogP contribution < -0.4 is 5.32 Å². The Hall–Kier alpha value is -3.39. The number of hydrogen-bond donors (Lipinski definition) is 1. The summed E-state index contributed by atoms with van der Waals surface area (Å²) < 4.78 is 0. The molecule has 4 rings (SSSR count). The van der Waals surface area contributed by atoms with E-state index in [1.165, 1.54) is 27.8 Å². The standard InChI is InChI=1S/C25H22N2/c1-26-24-15-9-8-14-22(24)23-17-16-20(18-27-21-12-6-3-7-13-21)25(23)19-10-4-2-5-11-19/h2-15,18,27H,1,16-17H2. The summed E-state index contributed by atoms with van der Waals surface area (Å²) >= 11 is 0. The number of nitrogens with zero attached hydrogens (tertiary/aromatic N) is 1. The maximum absolute atomic E-state index is 4.24. The predicted molar refractivity (Wildman–Crippen MR) is 116 cm³/mol. The molecular weight excluding hydrogens is 328 g/mol. The van der Waals surface area contributed by atoms with E-state index in [2.05, 4.69) is 77.8 Å². The number of para-hydroxylation sites is 2. The van der Waals surface area contributed by atoms with Gasteiger partial charge in [0.2, 0.25) is 0 Å². The Labute approximate surface area is 160 Å². The maximum atomic E-state index is 4.24. The van der Waals surface area contributed by atoms with Gasteiger partial charge in [-0.2, -0.15) is 0 Å². The fourth-order valence-electron chi connectivity index (χ4n) is 3.65. The predicted octanol–water partition coefficient (Wildman–Crippen LogP) is 6.72. The Balaban J connectivity index is 1.81. The Bertz CT molecular complexity index is 999. The van der Waals surface area contributed by atoms with Gasteiger partial charge in [-0.05, 0) is 60.0 Å². The molecule has 0 atom stereocenters. The van der Waals surface area contributed by atoms with Crippen molar-refractivity contribution in [1.82, 2.24) is 0 Å². The van der Waals surface area contributed by atoms with E-state index in [4.69, 9.17) is 0 Å². The molecule has 0 aromatic heterocycles. The lowest BCUT2D eigenvalue weighted by molar-refractivity contribution is 1.07. The highest BCUT2D eigenvalue weighted by molar-refractivity contribution is 6.03. The molecule has 0 bridgehead atoms. The summed E-state index contributed by atoms with van der Waals surface area (Å²) in [6, 6.07) is 29.1. The summed E-state index contributed by atoms with van der Waals surface area (Å²) in [7, 11) is 0. The average Bonchev–Trinajstić information content (AvgIpc) is 3.17. The third kappa shape index (κ3) is 3.61. The molecule has 0 spiro atoms. The minimum Gasteiger partial charge on any atom is -0.361 e. The smallest absolute Gasteiger partial charge is 0.0697 e. The molecular formula is C25H22N2. The molecule has 3 aromatic rings. The van der Waals surface area contributed by atoms with E-state index < -0.39 is 0 Å². The molecule has 1 aliphatic carbocycles. The van der Waals surface area contributed by atoms with Crippen molar-refractivity contribution in [2.45, 2.75) is 12.8 Å². The van der Waals surface area contributed by atoms with Crippen molar-refractivity contribution in [2.75, 3.05) is 5.32 Å². The maximum Gasteiger partial charge on any atom is 0.0697 e. The highest BCUT2D eigenvalue weighted by Gasteiger charge is 2.23. The van der Waals surface area contributed by atoms with E-state index in [1.54, 1.807) is 0 Å². The molecule has 27 heavy (non-hydrogen) atoms. The van der Waals surface area contributed by atoms with Gasteiger partial charge in [0.15, 0.2) is 0 Å². The van der Waals surface area contributed by atoms with E-state index in [9.17, 15) is 0 Å². The Kier molecular flexibility index (Phi) is 4.97. The summed E-state index contributed by atoms with van der Waals surface area (Å²) in [4.78, 5) is 4.24. The van der Waals surface area contributed by atoms with Crippen LogP contribution in [0.1, 0.15) is 24.0 Å². The molecule has 2 heteroatoms. The van der Waals surface area contributed by atoms with Crippen molar-refractivity contribution >= 4 is 29.2 Å². The molecule has 3 aromatic carbocycles. The number of aliphatic imine (C=N–C) groups is 1. The van der Waals surface area contributed by atoms with E-state index in [1.807, 2.05) is 30.3 Å². The van der Waals surface area contributed by atoms with Crippen molar-refractivity contribution in [3.8, 4) is 0 Å². The summed E-state index contributed by atoms with van der Waals surface area (Å²) in [5.74, 6) is 0. The first-order chi connectivity index (χ1) is 13.4. The molecule has 0 saturated heterocycles. The van der Waals surface area contributed by atoms with Crippen LogP contribution >= 0.6 is 0 Å². The lowest BCUT2D eigenvalue weighted by Gasteiger charge is -2.12. The van der Waals surface area contributed by atoms with Gasteiger partial charge in [-0.3, -0.25) is 4.99 Å². The number of hydrogen-bond acceptors (Lipinski definition) is 2. The van der Waals surface area contributed by atoms with Crippen LogP contribution in [-0.2, 0) is 0 Å². The minimum absolute atomic E-state index is 0.943. The first kappa shape index (κ1) is 17.0. The van der Waals surface area contributed by atoms with Gasteiger partial charge in [-0.15, -0.1) is 0 Å². The molecule has 2 nitrogen and oxygen atoms in total. The topological polar surface area (TPSA) is 24.4 Å². The molecule has 0 saturated carbocycles. The van der Waals surface area contributed by atoms with Gasteiger partial charge in [-0.1, -0.05) is 66.7 Å². The van der Waals surface area contributed by atoms with E-state index in [0.29, 0.717) is 0 Å². The number of nitrogens with one attached hydrogen (secondary N) is 1. The van der Waals surface area contributed by atoms with Crippen molar-refractivity contribution in [1.29, 1.82) is 0 Å². The highest BCUT2D eigenvalue weighted by Crippen LogP contribution is 2.45. The van der Waals surface area contributed by atoms with Gasteiger partial charge in [0.1, 0.15) is 0 Å². The van der Waals surface area contributed by atoms with Gasteiger partial charge in [0.05, 0.1) is 5.69 Å². The van der Waals surface area contributed by atoms with Gasteiger partial charge < -0.3 is 5.32 Å². The first-order valence-corrected chi connectivity index (χ1v) is 9.22. The molecule has 1 aliphatic rings. The van der Waals surface area contributed by atoms with Crippen LogP contribution in [0.3, 0.4) is 0 Å². The van der Waals surface area contributed by atoms with Crippen molar-refractivity contribution in [2.24, 2.45) is 4.99 Å². The largest absolute Gasteiger partial charge is 0.361 e. The minimum atomic E-state index is 0.943. The number of anilines is 1. The third-order valence-electron chi connectivity index (χ3n) is 4.92. The number of rotatable bonds is 5. The van der Waals surface area contributed by atoms with E-state index in [-0.39, 0.29) is 0 Å². The summed E-state index contributed by atoms with van der Waals surface area (Å²) in [6.45, 7) is 3.76. The van der Waals surface area contributed by atoms with E-state index in [0.717, 1.165) is 24.2 Å². The summed E-state index contributed by atoms with van der Waals surface area (Å²) in [5.41, 5.74) is 8.41. The summed E-state index contributed by atoms with van der Waals surface area (Å²) in [5, 5.41) is 3.45. The molecule has 0 radical (unpaired) electrons.